The highest BCUT2D eigenvalue weighted by Crippen LogP contribution is 2.22. The number of nitrogens with zero attached hydrogens (tertiary/aromatic N) is 3. The van der Waals surface area contributed by atoms with E-state index in [1.54, 1.807) is 55.5 Å². The molecule has 32 heavy (non-hydrogen) atoms. The first-order chi connectivity index (χ1) is 15.3. The fourth-order valence-electron chi connectivity index (χ4n) is 3.67. The Morgan fingerprint density at radius 3 is 2.53 bits per heavy atom. The number of carbonyl (C=O) groups is 1. The van der Waals surface area contributed by atoms with Gasteiger partial charge in [0.15, 0.2) is 0 Å². The van der Waals surface area contributed by atoms with Gasteiger partial charge in [0.25, 0.3) is 5.91 Å². The van der Waals surface area contributed by atoms with E-state index in [9.17, 15) is 13.2 Å². The number of sulfonamides is 1. The zero-order valence-corrected chi connectivity index (χ0v) is 18.9. The summed E-state index contributed by atoms with van der Waals surface area (Å²) < 4.78 is 33.1. The second-order valence-corrected chi connectivity index (χ2v) is 9.76. The molecule has 2 heterocycles. The zero-order valence-electron chi connectivity index (χ0n) is 18.1. The highest BCUT2D eigenvalue weighted by Gasteiger charge is 2.23. The van der Waals surface area contributed by atoms with Crippen LogP contribution < -0.4 is 4.72 Å². The molecule has 1 aliphatic rings. The molecule has 9 heteroatoms. The third-order valence-electron chi connectivity index (χ3n) is 5.49. The van der Waals surface area contributed by atoms with Crippen LogP contribution in [-0.4, -0.2) is 42.5 Å². The van der Waals surface area contributed by atoms with Gasteiger partial charge < -0.3 is 9.42 Å². The van der Waals surface area contributed by atoms with Crippen LogP contribution in [0.25, 0.3) is 11.4 Å². The number of aromatic nitrogens is 2. The van der Waals surface area contributed by atoms with Gasteiger partial charge in [-0.1, -0.05) is 35.0 Å². The van der Waals surface area contributed by atoms with Gasteiger partial charge in [-0.3, -0.25) is 4.79 Å². The Hall–Kier alpha value is -3.04. The first kappa shape index (κ1) is 22.2. The predicted octanol–water partition coefficient (Wildman–Crippen LogP) is 3.71. The lowest BCUT2D eigenvalue weighted by molar-refractivity contribution is 0.0724. The number of benzene rings is 2. The first-order valence-corrected chi connectivity index (χ1v) is 12.1. The van der Waals surface area contributed by atoms with Crippen molar-refractivity contribution in [2.75, 3.05) is 13.1 Å². The van der Waals surface area contributed by atoms with Gasteiger partial charge in [-0.15, -0.1) is 0 Å². The smallest absolute Gasteiger partial charge is 0.253 e. The molecule has 168 valence electrons. The van der Waals surface area contributed by atoms with Crippen molar-refractivity contribution >= 4 is 15.9 Å². The van der Waals surface area contributed by atoms with Crippen molar-refractivity contribution in [3.8, 4) is 11.4 Å². The van der Waals surface area contributed by atoms with Crippen LogP contribution >= 0.6 is 0 Å². The van der Waals surface area contributed by atoms with E-state index >= 15 is 0 Å². The molecular formula is C23H26N4O4S. The minimum Gasteiger partial charge on any atom is -0.339 e. The van der Waals surface area contributed by atoms with Crippen LogP contribution in [0, 0.1) is 6.92 Å². The van der Waals surface area contributed by atoms with Crippen molar-refractivity contribution in [3.63, 3.8) is 0 Å². The maximum Gasteiger partial charge on any atom is 0.253 e. The third kappa shape index (κ3) is 4.89. The minimum atomic E-state index is -3.74. The molecule has 1 aliphatic heterocycles. The molecule has 3 aromatic rings. The third-order valence-corrected chi connectivity index (χ3v) is 7.04. The van der Waals surface area contributed by atoms with Crippen molar-refractivity contribution in [1.29, 1.82) is 0 Å². The van der Waals surface area contributed by atoms with Crippen molar-refractivity contribution in [3.05, 3.63) is 65.5 Å². The molecule has 0 aliphatic carbocycles. The van der Waals surface area contributed by atoms with E-state index < -0.39 is 16.1 Å². The minimum absolute atomic E-state index is 0.00510. The maximum absolute atomic E-state index is 12.8. The van der Waals surface area contributed by atoms with Gasteiger partial charge in [0.05, 0.1) is 10.9 Å². The van der Waals surface area contributed by atoms with Crippen LogP contribution in [0.4, 0.5) is 0 Å². The standard InChI is InChI=1S/C23H26N4O4S/c1-16-9-11-20(12-10-16)32(29,30)26-17(2)22-24-21(25-31-22)18-7-6-8-19(15-18)23(28)27-13-4-3-5-14-27/h6-12,15,17,26H,3-5,13-14H2,1-2H3/t17-/m0/s1. The van der Waals surface area contributed by atoms with Crippen LogP contribution in [-0.2, 0) is 10.0 Å². The molecule has 0 bridgehead atoms. The summed E-state index contributed by atoms with van der Waals surface area (Å²) in [6.45, 7) is 5.07. The van der Waals surface area contributed by atoms with Crippen LogP contribution in [0.15, 0.2) is 57.9 Å². The van der Waals surface area contributed by atoms with Gasteiger partial charge in [0, 0.05) is 24.2 Å². The fraction of sp³-hybridized carbons (Fsp3) is 0.348. The van der Waals surface area contributed by atoms with E-state index in [0.717, 1.165) is 37.9 Å². The van der Waals surface area contributed by atoms with E-state index in [4.69, 9.17) is 4.52 Å². The number of amides is 1. The quantitative estimate of drug-likeness (QED) is 0.609. The number of hydrogen-bond donors (Lipinski definition) is 1. The highest BCUT2D eigenvalue weighted by molar-refractivity contribution is 7.89. The molecule has 1 fully saturated rings. The van der Waals surface area contributed by atoms with Gasteiger partial charge >= 0.3 is 0 Å². The normalized spacial score (nSPS) is 15.5. The molecule has 0 unspecified atom stereocenters. The summed E-state index contributed by atoms with van der Waals surface area (Å²) in [6, 6.07) is 13.0. The molecule has 8 nitrogen and oxygen atoms in total. The summed E-state index contributed by atoms with van der Waals surface area (Å²) in [5.41, 5.74) is 2.18. The van der Waals surface area contributed by atoms with Crippen LogP contribution in [0.2, 0.25) is 0 Å². The summed E-state index contributed by atoms with van der Waals surface area (Å²) in [5.74, 6) is 0.438. The number of aryl methyl sites for hydroxylation is 1. The van der Waals surface area contributed by atoms with E-state index in [2.05, 4.69) is 14.9 Å². The Labute approximate surface area is 187 Å². The summed E-state index contributed by atoms with van der Waals surface area (Å²) in [7, 11) is -3.74. The molecule has 1 aromatic heterocycles. The molecular weight excluding hydrogens is 428 g/mol. The van der Waals surface area contributed by atoms with Gasteiger partial charge in [0.2, 0.25) is 21.7 Å². The van der Waals surface area contributed by atoms with Crippen molar-refractivity contribution in [2.24, 2.45) is 0 Å². The maximum atomic E-state index is 12.8. The number of piperidine rings is 1. The number of likely N-dealkylation sites (tertiary alicyclic amines) is 1. The van der Waals surface area contributed by atoms with Crippen LogP contribution in [0.3, 0.4) is 0 Å². The Morgan fingerprint density at radius 1 is 1.09 bits per heavy atom. The fourth-order valence-corrected chi connectivity index (χ4v) is 4.86. The average Bonchev–Trinajstić information content (AvgIpc) is 3.30. The van der Waals surface area contributed by atoms with Crippen molar-refractivity contribution in [2.45, 2.75) is 44.0 Å². The first-order valence-electron chi connectivity index (χ1n) is 10.7. The SMILES string of the molecule is Cc1ccc(S(=O)(=O)N[C@@H](C)c2nc(-c3cccc(C(=O)N4CCCCC4)c3)no2)cc1. The summed E-state index contributed by atoms with van der Waals surface area (Å²) in [5, 5.41) is 3.99. The monoisotopic (exact) mass is 454 g/mol. The highest BCUT2D eigenvalue weighted by atomic mass is 32.2. The Balaban J connectivity index is 1.49. The number of nitrogens with one attached hydrogen (secondary N) is 1. The van der Waals surface area contributed by atoms with Crippen LogP contribution in [0.5, 0.6) is 0 Å². The Kier molecular flexibility index (Phi) is 6.38. The molecule has 4 rings (SSSR count). The lowest BCUT2D eigenvalue weighted by Gasteiger charge is -2.26. The summed E-state index contributed by atoms with van der Waals surface area (Å²) in [6.07, 6.45) is 3.20. The lowest BCUT2D eigenvalue weighted by Crippen LogP contribution is -2.35. The topological polar surface area (TPSA) is 105 Å². The average molecular weight is 455 g/mol. The van der Waals surface area contributed by atoms with Gasteiger partial charge in [0.1, 0.15) is 0 Å². The second kappa shape index (κ2) is 9.22. The zero-order chi connectivity index (χ0) is 22.7. The largest absolute Gasteiger partial charge is 0.339 e. The second-order valence-electron chi connectivity index (χ2n) is 8.05. The molecule has 2 aromatic carbocycles. The van der Waals surface area contributed by atoms with E-state index in [1.807, 2.05) is 11.8 Å². The van der Waals surface area contributed by atoms with E-state index in [1.165, 1.54) is 0 Å². The number of hydrogen-bond acceptors (Lipinski definition) is 6. The molecule has 0 saturated carbocycles. The predicted molar refractivity (Wildman–Crippen MR) is 119 cm³/mol. The molecule has 1 atom stereocenters. The van der Waals surface area contributed by atoms with E-state index in [0.29, 0.717) is 17.0 Å². The Morgan fingerprint density at radius 2 is 1.81 bits per heavy atom. The van der Waals surface area contributed by atoms with E-state index in [-0.39, 0.29) is 16.7 Å². The number of rotatable bonds is 6. The molecule has 1 N–H and O–H groups in total. The number of carbonyl (C=O) groups excluding carboxylic acids is 1. The Bertz CT molecular complexity index is 1200. The van der Waals surface area contributed by atoms with Crippen LogP contribution in [0.1, 0.15) is 54.0 Å². The molecule has 0 spiro atoms. The summed E-state index contributed by atoms with van der Waals surface area (Å²) in [4.78, 5) is 19.2. The van der Waals surface area contributed by atoms with Gasteiger partial charge in [-0.2, -0.15) is 9.71 Å². The molecule has 0 radical (unpaired) electrons. The van der Waals surface area contributed by atoms with Gasteiger partial charge in [-0.25, -0.2) is 8.42 Å². The summed E-state index contributed by atoms with van der Waals surface area (Å²) >= 11 is 0. The molecule has 1 amide bonds. The van der Waals surface area contributed by atoms with Crippen molar-refractivity contribution in [1.82, 2.24) is 19.8 Å². The molecule has 1 saturated heterocycles. The van der Waals surface area contributed by atoms with Gasteiger partial charge in [-0.05, 0) is 57.4 Å². The van der Waals surface area contributed by atoms with Crippen molar-refractivity contribution < 1.29 is 17.7 Å². The lowest BCUT2D eigenvalue weighted by atomic mass is 10.1.